The molecule has 1 aromatic rings. The highest BCUT2D eigenvalue weighted by atomic mass is 79.9. The first-order valence-electron chi connectivity index (χ1n) is 6.79. The smallest absolute Gasteiger partial charge is 0.252 e. The van der Waals surface area contributed by atoms with E-state index in [9.17, 15) is 14.0 Å². The van der Waals surface area contributed by atoms with Crippen LogP contribution in [0.3, 0.4) is 0 Å². The molecule has 0 aliphatic carbocycles. The summed E-state index contributed by atoms with van der Waals surface area (Å²) in [5.74, 6) is -0.843. The monoisotopic (exact) mass is 393 g/mol. The minimum atomic E-state index is -0.472. The highest BCUT2D eigenvalue weighted by molar-refractivity contribution is 9.10. The molecule has 0 aromatic heterocycles. The molecule has 1 heterocycles. The molecule has 1 aliphatic heterocycles. The average molecular weight is 395 g/mol. The van der Waals surface area contributed by atoms with Crippen molar-refractivity contribution in [3.8, 4) is 0 Å². The number of nitrogens with one attached hydrogen (secondary N) is 2. The molecule has 0 bridgehead atoms. The Labute approximate surface area is 143 Å². The number of benzene rings is 1. The molecular formula is C14H18BrClFN3O2. The summed E-state index contributed by atoms with van der Waals surface area (Å²) < 4.78 is 13.7. The molecule has 0 unspecified atom stereocenters. The molecule has 1 aliphatic rings. The van der Waals surface area contributed by atoms with Crippen molar-refractivity contribution in [3.05, 3.63) is 34.1 Å². The van der Waals surface area contributed by atoms with E-state index in [1.807, 2.05) is 0 Å². The lowest BCUT2D eigenvalue weighted by molar-refractivity contribution is -0.131. The zero-order valence-corrected chi connectivity index (χ0v) is 14.3. The molecule has 8 heteroatoms. The molecular weight excluding hydrogens is 377 g/mol. The Morgan fingerprint density at radius 3 is 2.68 bits per heavy atom. The first kappa shape index (κ1) is 18.9. The molecule has 1 aromatic carbocycles. The third-order valence-electron chi connectivity index (χ3n) is 3.27. The Balaban J connectivity index is 0.00000242. The molecule has 2 rings (SSSR count). The van der Waals surface area contributed by atoms with Crippen molar-refractivity contribution in [1.82, 2.24) is 15.5 Å². The van der Waals surface area contributed by atoms with Gasteiger partial charge in [-0.3, -0.25) is 9.59 Å². The molecule has 0 saturated carbocycles. The van der Waals surface area contributed by atoms with Crippen LogP contribution in [-0.4, -0.2) is 49.4 Å². The van der Waals surface area contributed by atoms with Gasteiger partial charge < -0.3 is 15.5 Å². The van der Waals surface area contributed by atoms with Gasteiger partial charge >= 0.3 is 0 Å². The maximum absolute atomic E-state index is 13.1. The van der Waals surface area contributed by atoms with E-state index in [0.29, 0.717) is 17.6 Å². The minimum Gasteiger partial charge on any atom is -0.351 e. The van der Waals surface area contributed by atoms with Crippen molar-refractivity contribution in [2.45, 2.75) is 6.42 Å². The van der Waals surface area contributed by atoms with Gasteiger partial charge in [0, 0.05) is 43.6 Å². The van der Waals surface area contributed by atoms with Crippen LogP contribution in [0.15, 0.2) is 22.7 Å². The second-order valence-electron chi connectivity index (χ2n) is 4.76. The van der Waals surface area contributed by atoms with Gasteiger partial charge in [-0.05, 0) is 34.1 Å². The topological polar surface area (TPSA) is 61.4 Å². The molecule has 22 heavy (non-hydrogen) atoms. The Bertz CT molecular complexity index is 539. The summed E-state index contributed by atoms with van der Waals surface area (Å²) in [6.45, 7) is 3.23. The summed E-state index contributed by atoms with van der Waals surface area (Å²) in [6, 6.07) is 3.92. The first-order chi connectivity index (χ1) is 10.1. The van der Waals surface area contributed by atoms with Crippen molar-refractivity contribution in [2.24, 2.45) is 0 Å². The van der Waals surface area contributed by atoms with Crippen LogP contribution in [0.5, 0.6) is 0 Å². The number of hydrogen-bond donors (Lipinski definition) is 2. The fraction of sp³-hybridized carbons (Fsp3) is 0.429. The average Bonchev–Trinajstić information content (AvgIpc) is 2.50. The van der Waals surface area contributed by atoms with Gasteiger partial charge in [0.15, 0.2) is 0 Å². The first-order valence-corrected chi connectivity index (χ1v) is 7.59. The van der Waals surface area contributed by atoms with E-state index in [4.69, 9.17) is 0 Å². The summed E-state index contributed by atoms with van der Waals surface area (Å²) >= 11 is 3.20. The number of hydrogen-bond acceptors (Lipinski definition) is 3. The van der Waals surface area contributed by atoms with Crippen molar-refractivity contribution in [1.29, 1.82) is 0 Å². The van der Waals surface area contributed by atoms with Gasteiger partial charge in [-0.2, -0.15) is 0 Å². The van der Waals surface area contributed by atoms with Crippen LogP contribution in [0.2, 0.25) is 0 Å². The molecule has 0 radical (unpaired) electrons. The number of nitrogens with zero attached hydrogens (tertiary/aromatic N) is 1. The van der Waals surface area contributed by atoms with E-state index in [-0.39, 0.29) is 36.8 Å². The van der Waals surface area contributed by atoms with E-state index in [1.165, 1.54) is 12.1 Å². The summed E-state index contributed by atoms with van der Waals surface area (Å²) in [4.78, 5) is 25.6. The summed E-state index contributed by atoms with van der Waals surface area (Å²) in [5.41, 5.74) is 0.227. The molecule has 122 valence electrons. The van der Waals surface area contributed by atoms with Crippen LogP contribution in [0, 0.1) is 5.82 Å². The van der Waals surface area contributed by atoms with Gasteiger partial charge in [-0.15, -0.1) is 12.4 Å². The standard InChI is InChI=1S/C14H17BrFN3O2.ClH/c15-12-2-1-10(16)9-11(12)14(21)18-4-3-13(20)19-7-5-17-6-8-19;/h1-2,9,17H,3-8H2,(H,18,21);1H. The number of carbonyl (C=O) groups is 2. The second-order valence-corrected chi connectivity index (χ2v) is 5.62. The maximum Gasteiger partial charge on any atom is 0.252 e. The zero-order chi connectivity index (χ0) is 15.2. The van der Waals surface area contributed by atoms with Gasteiger partial charge in [-0.1, -0.05) is 0 Å². The molecule has 2 amide bonds. The van der Waals surface area contributed by atoms with Crippen LogP contribution in [0.4, 0.5) is 4.39 Å². The maximum atomic E-state index is 13.1. The SMILES string of the molecule is Cl.O=C(NCCC(=O)N1CCNCC1)c1cc(F)ccc1Br. The third kappa shape index (κ3) is 5.23. The molecule has 0 atom stereocenters. The Morgan fingerprint density at radius 2 is 2.00 bits per heavy atom. The summed E-state index contributed by atoms with van der Waals surface area (Å²) in [5, 5.41) is 5.81. The lowest BCUT2D eigenvalue weighted by atomic mass is 10.2. The van der Waals surface area contributed by atoms with Gasteiger partial charge in [0.05, 0.1) is 5.56 Å². The Kier molecular flexibility index (Phi) is 7.78. The van der Waals surface area contributed by atoms with Crippen LogP contribution in [0.25, 0.3) is 0 Å². The number of halogens is 3. The summed E-state index contributed by atoms with van der Waals surface area (Å²) in [6.07, 6.45) is 0.249. The van der Waals surface area contributed by atoms with E-state index >= 15 is 0 Å². The largest absolute Gasteiger partial charge is 0.351 e. The van der Waals surface area contributed by atoms with Crippen molar-refractivity contribution >= 4 is 40.2 Å². The lowest BCUT2D eigenvalue weighted by Crippen LogP contribution is -2.47. The third-order valence-corrected chi connectivity index (χ3v) is 3.96. The fourth-order valence-electron chi connectivity index (χ4n) is 2.12. The molecule has 5 nitrogen and oxygen atoms in total. The van der Waals surface area contributed by atoms with Crippen molar-refractivity contribution in [3.63, 3.8) is 0 Å². The second kappa shape index (κ2) is 9.07. The molecule has 1 saturated heterocycles. The lowest BCUT2D eigenvalue weighted by Gasteiger charge is -2.27. The van der Waals surface area contributed by atoms with Crippen LogP contribution < -0.4 is 10.6 Å². The Hall–Kier alpha value is -1.18. The number of amides is 2. The van der Waals surface area contributed by atoms with E-state index in [2.05, 4.69) is 26.6 Å². The highest BCUT2D eigenvalue weighted by Crippen LogP contribution is 2.17. The minimum absolute atomic E-state index is 0. The van der Waals surface area contributed by atoms with E-state index in [0.717, 1.165) is 19.2 Å². The van der Waals surface area contributed by atoms with Gasteiger partial charge in [-0.25, -0.2) is 4.39 Å². The number of rotatable bonds is 4. The molecule has 1 fully saturated rings. The quantitative estimate of drug-likeness (QED) is 0.815. The van der Waals surface area contributed by atoms with Crippen molar-refractivity contribution < 1.29 is 14.0 Å². The zero-order valence-electron chi connectivity index (χ0n) is 11.9. The number of piperazine rings is 1. The number of carbonyl (C=O) groups excluding carboxylic acids is 2. The molecule has 2 N–H and O–H groups in total. The van der Waals surface area contributed by atoms with Gasteiger partial charge in [0.2, 0.25) is 5.91 Å². The van der Waals surface area contributed by atoms with Crippen LogP contribution in [0.1, 0.15) is 16.8 Å². The Morgan fingerprint density at radius 1 is 1.32 bits per heavy atom. The predicted molar refractivity (Wildman–Crippen MR) is 87.7 cm³/mol. The van der Waals surface area contributed by atoms with Crippen LogP contribution >= 0.6 is 28.3 Å². The fourth-order valence-corrected chi connectivity index (χ4v) is 2.55. The van der Waals surface area contributed by atoms with Crippen LogP contribution in [-0.2, 0) is 4.79 Å². The summed E-state index contributed by atoms with van der Waals surface area (Å²) in [7, 11) is 0. The van der Waals surface area contributed by atoms with Crippen molar-refractivity contribution in [2.75, 3.05) is 32.7 Å². The highest BCUT2D eigenvalue weighted by Gasteiger charge is 2.16. The van der Waals surface area contributed by atoms with Gasteiger partial charge in [0.25, 0.3) is 5.91 Å². The van der Waals surface area contributed by atoms with E-state index in [1.54, 1.807) is 4.90 Å². The van der Waals surface area contributed by atoms with Gasteiger partial charge in [0.1, 0.15) is 5.82 Å². The normalized spacial score (nSPS) is 14.2. The van der Waals surface area contributed by atoms with E-state index < -0.39 is 11.7 Å². The molecule has 0 spiro atoms. The predicted octanol–water partition coefficient (Wildman–Crippen LogP) is 1.56.